The van der Waals surface area contributed by atoms with E-state index in [1.807, 2.05) is 0 Å². The van der Waals surface area contributed by atoms with E-state index in [0.717, 1.165) is 31.9 Å². The minimum atomic E-state index is 0.270. The van der Waals surface area contributed by atoms with Crippen molar-refractivity contribution in [2.24, 2.45) is 0 Å². The van der Waals surface area contributed by atoms with Crippen LogP contribution in [0.4, 0.5) is 0 Å². The van der Waals surface area contributed by atoms with Gasteiger partial charge in [-0.1, -0.05) is 12.1 Å². The van der Waals surface area contributed by atoms with E-state index < -0.39 is 0 Å². The standard InChI is InChI=1S/C20H26N2O2/c1-2-9-21(8-1)14-17-5-6-18(15-22-10-3-4-11-22)20(13-17)24-16-19-7-12-23-19/h3-6,10-11,13,19H,1-2,7-9,12,14-16H2/t19-/m1/s1. The molecule has 4 nitrogen and oxygen atoms in total. The first-order chi connectivity index (χ1) is 11.9. The molecule has 2 aliphatic heterocycles. The van der Waals surface area contributed by atoms with Gasteiger partial charge in [-0.2, -0.15) is 0 Å². The van der Waals surface area contributed by atoms with Crippen molar-refractivity contribution in [2.75, 3.05) is 26.3 Å². The molecule has 128 valence electrons. The van der Waals surface area contributed by atoms with Crippen LogP contribution in [-0.2, 0) is 17.8 Å². The van der Waals surface area contributed by atoms with E-state index in [9.17, 15) is 0 Å². The minimum Gasteiger partial charge on any atom is -0.491 e. The van der Waals surface area contributed by atoms with Crippen LogP contribution in [0.5, 0.6) is 5.75 Å². The Morgan fingerprint density at radius 2 is 1.88 bits per heavy atom. The third kappa shape index (κ3) is 3.82. The fourth-order valence-corrected chi connectivity index (χ4v) is 3.43. The second-order valence-corrected chi connectivity index (χ2v) is 6.87. The molecule has 1 aromatic heterocycles. The molecule has 4 heteroatoms. The van der Waals surface area contributed by atoms with Crippen molar-refractivity contribution >= 4 is 0 Å². The number of aromatic nitrogens is 1. The van der Waals surface area contributed by atoms with Gasteiger partial charge in [-0.25, -0.2) is 0 Å². The molecule has 2 aliphatic rings. The molecule has 2 fully saturated rings. The highest BCUT2D eigenvalue weighted by atomic mass is 16.5. The predicted molar refractivity (Wildman–Crippen MR) is 94.3 cm³/mol. The van der Waals surface area contributed by atoms with Gasteiger partial charge in [0.25, 0.3) is 0 Å². The summed E-state index contributed by atoms with van der Waals surface area (Å²) in [6.07, 6.45) is 8.22. The van der Waals surface area contributed by atoms with E-state index in [1.165, 1.54) is 37.1 Å². The molecule has 24 heavy (non-hydrogen) atoms. The number of hydrogen-bond donors (Lipinski definition) is 0. The van der Waals surface area contributed by atoms with E-state index >= 15 is 0 Å². The lowest BCUT2D eigenvalue weighted by Crippen LogP contribution is -2.32. The van der Waals surface area contributed by atoms with E-state index in [0.29, 0.717) is 6.61 Å². The zero-order valence-corrected chi connectivity index (χ0v) is 14.2. The Kier molecular flexibility index (Phi) is 4.86. The van der Waals surface area contributed by atoms with Crippen molar-refractivity contribution in [3.8, 4) is 5.75 Å². The molecule has 0 radical (unpaired) electrons. The highest BCUT2D eigenvalue weighted by Crippen LogP contribution is 2.25. The normalized spacial score (nSPS) is 20.9. The highest BCUT2D eigenvalue weighted by molar-refractivity contribution is 5.38. The number of rotatable bonds is 7. The molecule has 0 unspecified atom stereocenters. The maximum atomic E-state index is 6.14. The lowest BCUT2D eigenvalue weighted by molar-refractivity contribution is -0.0722. The average molecular weight is 326 g/mol. The molecule has 0 amide bonds. The number of nitrogens with zero attached hydrogens (tertiary/aromatic N) is 2. The van der Waals surface area contributed by atoms with E-state index in [2.05, 4.69) is 52.2 Å². The molecular weight excluding hydrogens is 300 g/mol. The molecule has 1 aromatic carbocycles. The topological polar surface area (TPSA) is 26.6 Å². The van der Waals surface area contributed by atoms with Crippen LogP contribution in [0.3, 0.4) is 0 Å². The molecule has 0 saturated carbocycles. The molecule has 4 rings (SSSR count). The van der Waals surface area contributed by atoms with E-state index in [4.69, 9.17) is 9.47 Å². The maximum Gasteiger partial charge on any atom is 0.124 e. The van der Waals surface area contributed by atoms with Gasteiger partial charge < -0.3 is 14.0 Å². The number of ether oxygens (including phenoxy) is 2. The molecule has 3 heterocycles. The third-order valence-corrected chi connectivity index (χ3v) is 4.97. The summed E-state index contributed by atoms with van der Waals surface area (Å²) in [5, 5.41) is 0. The molecule has 0 spiro atoms. The predicted octanol–water partition coefficient (Wildman–Crippen LogP) is 3.30. The fourth-order valence-electron chi connectivity index (χ4n) is 3.43. The Morgan fingerprint density at radius 3 is 2.58 bits per heavy atom. The number of benzene rings is 1. The van der Waals surface area contributed by atoms with Gasteiger partial charge in [0.1, 0.15) is 12.4 Å². The minimum absolute atomic E-state index is 0.270. The quantitative estimate of drug-likeness (QED) is 0.781. The Hall–Kier alpha value is -1.78. The van der Waals surface area contributed by atoms with Crippen LogP contribution >= 0.6 is 0 Å². The van der Waals surface area contributed by atoms with Crippen LogP contribution in [0.15, 0.2) is 42.7 Å². The summed E-state index contributed by atoms with van der Waals surface area (Å²) in [6, 6.07) is 10.8. The largest absolute Gasteiger partial charge is 0.491 e. The lowest BCUT2D eigenvalue weighted by Gasteiger charge is -2.27. The van der Waals surface area contributed by atoms with Crippen LogP contribution in [0.2, 0.25) is 0 Å². The molecule has 0 N–H and O–H groups in total. The van der Waals surface area contributed by atoms with Crippen molar-refractivity contribution in [1.29, 1.82) is 0 Å². The van der Waals surface area contributed by atoms with Gasteiger partial charge in [0.2, 0.25) is 0 Å². The average Bonchev–Trinajstić information content (AvgIpc) is 3.22. The first-order valence-electron chi connectivity index (χ1n) is 9.06. The summed E-state index contributed by atoms with van der Waals surface area (Å²) in [5.74, 6) is 1.01. The van der Waals surface area contributed by atoms with Gasteiger partial charge in [0, 0.05) is 37.5 Å². The smallest absolute Gasteiger partial charge is 0.124 e. The summed E-state index contributed by atoms with van der Waals surface area (Å²) in [5.41, 5.74) is 2.58. The Balaban J connectivity index is 1.49. The van der Waals surface area contributed by atoms with E-state index in [1.54, 1.807) is 0 Å². The summed E-state index contributed by atoms with van der Waals surface area (Å²) in [7, 11) is 0. The lowest BCUT2D eigenvalue weighted by atomic mass is 10.1. The summed E-state index contributed by atoms with van der Waals surface area (Å²) >= 11 is 0. The Morgan fingerprint density at radius 1 is 1.08 bits per heavy atom. The molecular formula is C20H26N2O2. The van der Waals surface area contributed by atoms with Crippen LogP contribution in [-0.4, -0.2) is 41.9 Å². The first-order valence-corrected chi connectivity index (χ1v) is 9.06. The summed E-state index contributed by atoms with van der Waals surface area (Å²) < 4.78 is 13.8. The van der Waals surface area contributed by atoms with Gasteiger partial charge in [-0.15, -0.1) is 0 Å². The van der Waals surface area contributed by atoms with Gasteiger partial charge >= 0.3 is 0 Å². The summed E-state index contributed by atoms with van der Waals surface area (Å²) in [6.45, 7) is 5.84. The van der Waals surface area contributed by atoms with Crippen LogP contribution < -0.4 is 4.74 Å². The Bertz CT molecular complexity index is 644. The monoisotopic (exact) mass is 326 g/mol. The highest BCUT2D eigenvalue weighted by Gasteiger charge is 2.20. The maximum absolute atomic E-state index is 6.14. The van der Waals surface area contributed by atoms with Crippen LogP contribution in [0.1, 0.15) is 30.4 Å². The molecule has 1 atom stereocenters. The second kappa shape index (κ2) is 7.41. The Labute approximate surface area is 144 Å². The van der Waals surface area contributed by atoms with E-state index in [-0.39, 0.29) is 6.10 Å². The zero-order chi connectivity index (χ0) is 16.2. The van der Waals surface area contributed by atoms with Gasteiger partial charge in [-0.05, 0) is 49.7 Å². The van der Waals surface area contributed by atoms with Crippen molar-refractivity contribution < 1.29 is 9.47 Å². The van der Waals surface area contributed by atoms with Crippen molar-refractivity contribution in [2.45, 2.75) is 38.5 Å². The van der Waals surface area contributed by atoms with Gasteiger partial charge in [0.05, 0.1) is 12.6 Å². The molecule has 0 bridgehead atoms. The molecule has 2 saturated heterocycles. The van der Waals surface area contributed by atoms with Crippen molar-refractivity contribution in [1.82, 2.24) is 9.47 Å². The van der Waals surface area contributed by atoms with Crippen LogP contribution in [0, 0.1) is 0 Å². The summed E-state index contributed by atoms with van der Waals surface area (Å²) in [4.78, 5) is 2.53. The fraction of sp³-hybridized carbons (Fsp3) is 0.500. The molecule has 0 aliphatic carbocycles. The van der Waals surface area contributed by atoms with Crippen LogP contribution in [0.25, 0.3) is 0 Å². The first kappa shape index (κ1) is 15.7. The van der Waals surface area contributed by atoms with Crippen molar-refractivity contribution in [3.05, 3.63) is 53.9 Å². The molecule has 2 aromatic rings. The number of likely N-dealkylation sites (tertiary alicyclic amines) is 1. The SMILES string of the molecule is c1ccn(Cc2ccc(CN3CCCC3)cc2OC[C@H]2CCO2)c1. The third-order valence-electron chi connectivity index (χ3n) is 4.97. The van der Waals surface area contributed by atoms with Crippen molar-refractivity contribution in [3.63, 3.8) is 0 Å². The zero-order valence-electron chi connectivity index (χ0n) is 14.2. The second-order valence-electron chi connectivity index (χ2n) is 6.87. The van der Waals surface area contributed by atoms with Gasteiger partial charge in [-0.3, -0.25) is 4.90 Å². The van der Waals surface area contributed by atoms with Gasteiger partial charge in [0.15, 0.2) is 0 Å². The number of hydrogen-bond acceptors (Lipinski definition) is 3.